The number of hydrogen-bond acceptors (Lipinski definition) is 4. The Labute approximate surface area is 98.3 Å². The van der Waals surface area contributed by atoms with Gasteiger partial charge in [0.1, 0.15) is 5.75 Å². The molecule has 1 aromatic heterocycles. The predicted molar refractivity (Wildman–Crippen MR) is 66.7 cm³/mol. The molecule has 0 aliphatic heterocycles. The first-order valence-electron chi connectivity index (χ1n) is 4.91. The van der Waals surface area contributed by atoms with Gasteiger partial charge in [-0.25, -0.2) is 8.42 Å². The van der Waals surface area contributed by atoms with Crippen LogP contribution in [0.2, 0.25) is 0 Å². The summed E-state index contributed by atoms with van der Waals surface area (Å²) in [6.07, 6.45) is 0. The van der Waals surface area contributed by atoms with Crippen LogP contribution in [0.15, 0.2) is 23.6 Å². The fourth-order valence-corrected chi connectivity index (χ4v) is 3.49. The number of fused-ring (bicyclic) bond motifs is 1. The summed E-state index contributed by atoms with van der Waals surface area (Å²) in [6.45, 7) is 1.64. The van der Waals surface area contributed by atoms with Crippen LogP contribution in [0.5, 0.6) is 5.75 Å². The number of phenolic OH excluding ortho intramolecular Hbond substituents is 1. The Morgan fingerprint density at radius 2 is 2.12 bits per heavy atom. The van der Waals surface area contributed by atoms with Gasteiger partial charge < -0.3 is 5.11 Å². The Morgan fingerprint density at radius 1 is 1.38 bits per heavy atom. The summed E-state index contributed by atoms with van der Waals surface area (Å²) in [5.74, 6) is 0.358. The van der Waals surface area contributed by atoms with E-state index in [-0.39, 0.29) is 17.3 Å². The number of thiophene rings is 1. The number of aromatic hydroxyl groups is 1. The predicted octanol–water partition coefficient (Wildman–Crippen LogP) is 2.54. The maximum Gasteiger partial charge on any atom is 0.154 e. The summed E-state index contributed by atoms with van der Waals surface area (Å²) < 4.78 is 24.1. The van der Waals surface area contributed by atoms with Crippen LogP contribution in [0, 0.1) is 0 Å². The van der Waals surface area contributed by atoms with Gasteiger partial charge in [0, 0.05) is 15.8 Å². The lowest BCUT2D eigenvalue weighted by Crippen LogP contribution is -2.05. The van der Waals surface area contributed by atoms with E-state index >= 15 is 0 Å². The van der Waals surface area contributed by atoms with Crippen LogP contribution in [0.25, 0.3) is 10.1 Å². The highest BCUT2D eigenvalue weighted by Crippen LogP contribution is 2.30. The first-order chi connectivity index (χ1) is 7.52. The van der Waals surface area contributed by atoms with E-state index in [2.05, 4.69) is 0 Å². The minimum Gasteiger partial charge on any atom is -0.508 e. The van der Waals surface area contributed by atoms with Crippen LogP contribution in [-0.2, 0) is 15.6 Å². The SMILES string of the molecule is CCS(=O)(=O)Cc1csc2ccc(O)cc12. The fraction of sp³-hybridized carbons (Fsp3) is 0.273. The van der Waals surface area contributed by atoms with Gasteiger partial charge in [0.15, 0.2) is 9.84 Å². The Morgan fingerprint density at radius 3 is 2.81 bits per heavy atom. The molecule has 0 saturated heterocycles. The lowest BCUT2D eigenvalue weighted by Gasteiger charge is -2.00. The van der Waals surface area contributed by atoms with Gasteiger partial charge in [-0.1, -0.05) is 6.92 Å². The largest absolute Gasteiger partial charge is 0.508 e. The third kappa shape index (κ3) is 2.20. The monoisotopic (exact) mass is 256 g/mol. The molecule has 1 heterocycles. The van der Waals surface area contributed by atoms with Crippen molar-refractivity contribution in [3.63, 3.8) is 0 Å². The Balaban J connectivity index is 2.50. The number of benzene rings is 1. The van der Waals surface area contributed by atoms with E-state index in [0.717, 1.165) is 15.6 Å². The van der Waals surface area contributed by atoms with Crippen molar-refractivity contribution in [2.24, 2.45) is 0 Å². The van der Waals surface area contributed by atoms with Gasteiger partial charge in [-0.15, -0.1) is 11.3 Å². The molecule has 0 aliphatic carbocycles. The van der Waals surface area contributed by atoms with Crippen molar-refractivity contribution in [2.75, 3.05) is 5.75 Å². The second kappa shape index (κ2) is 4.07. The van der Waals surface area contributed by atoms with Crippen LogP contribution in [0.3, 0.4) is 0 Å². The molecular weight excluding hydrogens is 244 g/mol. The molecule has 0 fully saturated rings. The second-order valence-corrected chi connectivity index (χ2v) is 6.88. The smallest absolute Gasteiger partial charge is 0.154 e. The van der Waals surface area contributed by atoms with Crippen molar-refractivity contribution in [1.82, 2.24) is 0 Å². The average molecular weight is 256 g/mol. The first-order valence-corrected chi connectivity index (χ1v) is 7.61. The van der Waals surface area contributed by atoms with E-state index in [1.54, 1.807) is 25.1 Å². The molecular formula is C11H12O3S2. The van der Waals surface area contributed by atoms with Gasteiger partial charge in [-0.05, 0) is 29.1 Å². The molecule has 1 aromatic carbocycles. The summed E-state index contributed by atoms with van der Waals surface area (Å²) >= 11 is 1.50. The third-order valence-electron chi connectivity index (χ3n) is 2.45. The fourth-order valence-electron chi connectivity index (χ4n) is 1.52. The molecule has 3 nitrogen and oxygen atoms in total. The van der Waals surface area contributed by atoms with E-state index in [1.165, 1.54) is 11.3 Å². The zero-order valence-electron chi connectivity index (χ0n) is 8.80. The van der Waals surface area contributed by atoms with Crippen LogP contribution >= 0.6 is 11.3 Å². The van der Waals surface area contributed by atoms with Gasteiger partial charge in [0.25, 0.3) is 0 Å². The van der Waals surface area contributed by atoms with Gasteiger partial charge in [-0.2, -0.15) is 0 Å². The molecule has 86 valence electrons. The number of hydrogen-bond donors (Lipinski definition) is 1. The Hall–Kier alpha value is -1.07. The molecule has 5 heteroatoms. The van der Waals surface area contributed by atoms with E-state index in [1.807, 2.05) is 5.38 Å². The second-order valence-electron chi connectivity index (χ2n) is 3.62. The van der Waals surface area contributed by atoms with Crippen molar-refractivity contribution in [1.29, 1.82) is 0 Å². The van der Waals surface area contributed by atoms with E-state index in [9.17, 15) is 13.5 Å². The summed E-state index contributed by atoms with van der Waals surface area (Å²) in [5, 5.41) is 12.1. The molecule has 2 rings (SSSR count). The standard InChI is InChI=1S/C11H12O3S2/c1-2-16(13,14)7-8-6-15-11-4-3-9(12)5-10(8)11/h3-6,12H,2,7H2,1H3. The highest BCUT2D eigenvalue weighted by molar-refractivity contribution is 7.90. The summed E-state index contributed by atoms with van der Waals surface area (Å²) in [6, 6.07) is 5.03. The molecule has 16 heavy (non-hydrogen) atoms. The van der Waals surface area contributed by atoms with Crippen LogP contribution < -0.4 is 0 Å². The van der Waals surface area contributed by atoms with Gasteiger partial charge >= 0.3 is 0 Å². The zero-order chi connectivity index (χ0) is 11.8. The Bertz CT molecular complexity index is 611. The molecule has 0 atom stereocenters. The molecule has 0 aliphatic rings. The minimum absolute atomic E-state index is 0.0486. The molecule has 1 N–H and O–H groups in total. The Kier molecular flexibility index (Phi) is 2.90. The number of rotatable bonds is 3. The number of sulfone groups is 1. The van der Waals surface area contributed by atoms with Crippen molar-refractivity contribution < 1.29 is 13.5 Å². The first kappa shape index (κ1) is 11.4. The van der Waals surface area contributed by atoms with Gasteiger partial charge in [-0.3, -0.25) is 0 Å². The van der Waals surface area contributed by atoms with Crippen molar-refractivity contribution in [3.8, 4) is 5.75 Å². The maximum absolute atomic E-state index is 11.5. The highest BCUT2D eigenvalue weighted by Gasteiger charge is 2.13. The topological polar surface area (TPSA) is 54.4 Å². The maximum atomic E-state index is 11.5. The van der Waals surface area contributed by atoms with Crippen LogP contribution in [-0.4, -0.2) is 19.3 Å². The van der Waals surface area contributed by atoms with Crippen LogP contribution in [0.4, 0.5) is 0 Å². The number of phenols is 1. The molecule has 0 unspecified atom stereocenters. The third-order valence-corrected chi connectivity index (χ3v) is 5.10. The highest BCUT2D eigenvalue weighted by atomic mass is 32.2. The van der Waals surface area contributed by atoms with E-state index < -0.39 is 9.84 Å². The normalized spacial score (nSPS) is 12.1. The van der Waals surface area contributed by atoms with Gasteiger partial charge in [0.05, 0.1) is 5.75 Å². The molecule has 0 saturated carbocycles. The molecule has 0 spiro atoms. The molecule has 0 amide bonds. The van der Waals surface area contributed by atoms with E-state index in [4.69, 9.17) is 0 Å². The molecule has 0 bridgehead atoms. The zero-order valence-corrected chi connectivity index (χ0v) is 10.4. The minimum atomic E-state index is -3.02. The quantitative estimate of drug-likeness (QED) is 0.918. The summed E-state index contributed by atoms with van der Waals surface area (Å²) in [7, 11) is -3.02. The lowest BCUT2D eigenvalue weighted by atomic mass is 10.2. The summed E-state index contributed by atoms with van der Waals surface area (Å²) in [4.78, 5) is 0. The molecule has 2 aromatic rings. The molecule has 0 radical (unpaired) electrons. The van der Waals surface area contributed by atoms with Gasteiger partial charge in [0.2, 0.25) is 0 Å². The van der Waals surface area contributed by atoms with E-state index in [0.29, 0.717) is 0 Å². The lowest BCUT2D eigenvalue weighted by molar-refractivity contribution is 0.476. The summed E-state index contributed by atoms with van der Waals surface area (Å²) in [5.41, 5.74) is 0.776. The van der Waals surface area contributed by atoms with Crippen LogP contribution in [0.1, 0.15) is 12.5 Å². The van der Waals surface area contributed by atoms with Crippen molar-refractivity contribution in [2.45, 2.75) is 12.7 Å². The average Bonchev–Trinajstić information content (AvgIpc) is 2.61. The van der Waals surface area contributed by atoms with Crippen molar-refractivity contribution >= 4 is 31.3 Å². The van der Waals surface area contributed by atoms with Crippen molar-refractivity contribution in [3.05, 3.63) is 29.1 Å².